The maximum Gasteiger partial charge on any atom is 0.244 e. The smallest absolute Gasteiger partial charge is 0.244 e. The fourth-order valence-electron chi connectivity index (χ4n) is 2.90. The van der Waals surface area contributed by atoms with Crippen LogP contribution in [0.4, 0.5) is 5.69 Å². The lowest BCUT2D eigenvalue weighted by atomic mass is 10.1. The van der Waals surface area contributed by atoms with Crippen molar-refractivity contribution in [3.63, 3.8) is 0 Å². The van der Waals surface area contributed by atoms with Crippen molar-refractivity contribution in [2.75, 3.05) is 24.2 Å². The number of rotatable bonds is 8. The first-order valence-electron chi connectivity index (χ1n) is 9.12. The summed E-state index contributed by atoms with van der Waals surface area (Å²) < 4.78 is 25.8. The molecule has 0 radical (unpaired) electrons. The Morgan fingerprint density at radius 2 is 1.65 bits per heavy atom. The topological polar surface area (TPSA) is 86.8 Å². The van der Waals surface area contributed by atoms with Crippen LogP contribution in [0.5, 0.6) is 0 Å². The van der Waals surface area contributed by atoms with Gasteiger partial charge in [-0.15, -0.1) is 0 Å². The lowest BCUT2D eigenvalue weighted by Crippen LogP contribution is -2.50. The van der Waals surface area contributed by atoms with Crippen molar-refractivity contribution in [1.82, 2.24) is 10.2 Å². The van der Waals surface area contributed by atoms with Crippen LogP contribution in [0.3, 0.4) is 0 Å². The van der Waals surface area contributed by atoms with E-state index in [2.05, 4.69) is 5.32 Å². The van der Waals surface area contributed by atoms with Crippen molar-refractivity contribution in [3.05, 3.63) is 63.1 Å². The predicted molar refractivity (Wildman–Crippen MR) is 124 cm³/mol. The lowest BCUT2D eigenvalue weighted by molar-refractivity contribution is -0.139. The van der Waals surface area contributed by atoms with E-state index in [0.29, 0.717) is 10.6 Å². The highest BCUT2D eigenvalue weighted by atomic mass is 35.5. The van der Waals surface area contributed by atoms with E-state index in [1.165, 1.54) is 30.1 Å². The van der Waals surface area contributed by atoms with Crippen molar-refractivity contribution in [2.24, 2.45) is 0 Å². The van der Waals surface area contributed by atoms with Gasteiger partial charge in [0.05, 0.1) is 11.9 Å². The van der Waals surface area contributed by atoms with Gasteiger partial charge >= 0.3 is 0 Å². The number of hydrogen-bond donors (Lipinski definition) is 1. The molecule has 0 aromatic heterocycles. The van der Waals surface area contributed by atoms with Gasteiger partial charge in [0.25, 0.3) is 0 Å². The van der Waals surface area contributed by atoms with Gasteiger partial charge in [0.2, 0.25) is 21.8 Å². The normalized spacial score (nSPS) is 12.2. The van der Waals surface area contributed by atoms with Crippen molar-refractivity contribution in [2.45, 2.75) is 19.5 Å². The number of likely N-dealkylation sites (N-methyl/N-ethyl adjacent to an activating group) is 1. The molecule has 0 aliphatic rings. The molecule has 1 N–H and O–H groups in total. The van der Waals surface area contributed by atoms with Crippen molar-refractivity contribution >= 4 is 62.3 Å². The summed E-state index contributed by atoms with van der Waals surface area (Å²) in [6.45, 7) is 1.01. The van der Waals surface area contributed by atoms with Gasteiger partial charge in [-0.3, -0.25) is 13.9 Å². The zero-order valence-corrected chi connectivity index (χ0v) is 20.2. The Morgan fingerprint density at radius 3 is 2.16 bits per heavy atom. The number of amides is 2. The highest BCUT2D eigenvalue weighted by Gasteiger charge is 2.30. The van der Waals surface area contributed by atoms with E-state index >= 15 is 0 Å². The molecule has 1 atom stereocenters. The maximum atomic E-state index is 13.3. The van der Waals surface area contributed by atoms with Gasteiger partial charge in [-0.25, -0.2) is 8.42 Å². The standard InChI is InChI=1S/C20H22Cl3N3O4S/c1-13(20(28)24-2)25(11-14-6-4-5-7-18(14)23)19(27)12-26(31(3,29)30)17-9-15(21)8-16(22)10-17/h4-10,13H,11-12H2,1-3H3,(H,24,28)/t13-/m1/s1. The minimum absolute atomic E-state index is 0.0149. The van der Waals surface area contributed by atoms with Crippen LogP contribution in [0.2, 0.25) is 15.1 Å². The monoisotopic (exact) mass is 505 g/mol. The minimum atomic E-state index is -3.87. The summed E-state index contributed by atoms with van der Waals surface area (Å²) in [6.07, 6.45) is 0.968. The highest BCUT2D eigenvalue weighted by Crippen LogP contribution is 2.27. The molecule has 168 valence electrons. The van der Waals surface area contributed by atoms with Crippen LogP contribution in [0.25, 0.3) is 0 Å². The van der Waals surface area contributed by atoms with E-state index < -0.39 is 34.4 Å². The molecule has 0 aliphatic carbocycles. The molecule has 0 aliphatic heterocycles. The summed E-state index contributed by atoms with van der Waals surface area (Å²) in [6, 6.07) is 10.3. The summed E-state index contributed by atoms with van der Waals surface area (Å²) in [5, 5.41) is 3.36. The minimum Gasteiger partial charge on any atom is -0.357 e. The van der Waals surface area contributed by atoms with Gasteiger partial charge in [0.1, 0.15) is 12.6 Å². The van der Waals surface area contributed by atoms with Crippen LogP contribution in [0, 0.1) is 0 Å². The van der Waals surface area contributed by atoms with Crippen molar-refractivity contribution < 1.29 is 18.0 Å². The molecule has 7 nitrogen and oxygen atoms in total. The molecule has 2 aromatic rings. The Labute approximate surface area is 196 Å². The average molecular weight is 507 g/mol. The Kier molecular flexibility index (Phi) is 8.59. The van der Waals surface area contributed by atoms with Gasteiger partial charge in [-0.1, -0.05) is 53.0 Å². The summed E-state index contributed by atoms with van der Waals surface area (Å²) >= 11 is 18.2. The molecular formula is C20H22Cl3N3O4S. The summed E-state index contributed by atoms with van der Waals surface area (Å²) in [5.74, 6) is -1.00. The van der Waals surface area contributed by atoms with Crippen LogP contribution in [-0.2, 0) is 26.2 Å². The number of hydrogen-bond acceptors (Lipinski definition) is 4. The van der Waals surface area contributed by atoms with E-state index in [-0.39, 0.29) is 22.3 Å². The van der Waals surface area contributed by atoms with Gasteiger partial charge in [0, 0.05) is 28.7 Å². The average Bonchev–Trinajstić information content (AvgIpc) is 2.68. The molecule has 2 rings (SSSR count). The molecular weight excluding hydrogens is 485 g/mol. The van der Waals surface area contributed by atoms with Gasteiger partial charge in [-0.2, -0.15) is 0 Å². The van der Waals surface area contributed by atoms with Crippen molar-refractivity contribution in [3.8, 4) is 0 Å². The Hall–Kier alpha value is -2.00. The fourth-order valence-corrected chi connectivity index (χ4v) is 4.44. The zero-order chi connectivity index (χ0) is 23.3. The van der Waals surface area contributed by atoms with Crippen molar-refractivity contribution in [1.29, 1.82) is 0 Å². The second-order valence-corrected chi connectivity index (χ2v) is 9.99. The molecule has 0 heterocycles. The Balaban J connectivity index is 2.43. The number of halogens is 3. The van der Waals surface area contributed by atoms with Gasteiger partial charge in [-0.05, 0) is 36.8 Å². The molecule has 31 heavy (non-hydrogen) atoms. The second kappa shape index (κ2) is 10.5. The van der Waals surface area contributed by atoms with Crippen LogP contribution >= 0.6 is 34.8 Å². The molecule has 2 aromatic carbocycles. The number of carbonyl (C=O) groups is 2. The Bertz CT molecular complexity index is 1060. The van der Waals surface area contributed by atoms with Crippen LogP contribution < -0.4 is 9.62 Å². The van der Waals surface area contributed by atoms with Crippen LogP contribution in [0.15, 0.2) is 42.5 Å². The molecule has 2 amide bonds. The third kappa shape index (κ3) is 6.74. The highest BCUT2D eigenvalue weighted by molar-refractivity contribution is 7.92. The van der Waals surface area contributed by atoms with E-state index in [1.54, 1.807) is 31.2 Å². The number of anilines is 1. The SMILES string of the molecule is CNC(=O)[C@@H](C)N(Cc1ccccc1Cl)C(=O)CN(c1cc(Cl)cc(Cl)c1)S(C)(=O)=O. The van der Waals surface area contributed by atoms with E-state index in [0.717, 1.165) is 10.6 Å². The number of benzene rings is 2. The summed E-state index contributed by atoms with van der Waals surface area (Å²) in [4.78, 5) is 26.8. The molecule has 0 bridgehead atoms. The number of nitrogens with zero attached hydrogens (tertiary/aromatic N) is 2. The first kappa shape index (κ1) is 25.3. The zero-order valence-electron chi connectivity index (χ0n) is 17.1. The number of nitrogens with one attached hydrogen (secondary N) is 1. The third-order valence-electron chi connectivity index (χ3n) is 4.53. The molecule has 0 spiro atoms. The summed E-state index contributed by atoms with van der Waals surface area (Å²) in [5.41, 5.74) is 0.753. The molecule has 0 saturated carbocycles. The van der Waals surface area contributed by atoms with E-state index in [1.807, 2.05) is 0 Å². The molecule has 0 fully saturated rings. The second-order valence-electron chi connectivity index (χ2n) is 6.80. The molecule has 0 unspecified atom stereocenters. The quantitative estimate of drug-likeness (QED) is 0.593. The Morgan fingerprint density at radius 1 is 1.06 bits per heavy atom. The largest absolute Gasteiger partial charge is 0.357 e. The molecule has 11 heteroatoms. The summed E-state index contributed by atoms with van der Waals surface area (Å²) in [7, 11) is -2.42. The lowest BCUT2D eigenvalue weighted by Gasteiger charge is -2.31. The van der Waals surface area contributed by atoms with Crippen LogP contribution in [0.1, 0.15) is 12.5 Å². The van der Waals surface area contributed by atoms with Crippen LogP contribution in [-0.4, -0.2) is 51.0 Å². The maximum absolute atomic E-state index is 13.3. The van der Waals surface area contributed by atoms with E-state index in [4.69, 9.17) is 34.8 Å². The number of sulfonamides is 1. The number of carbonyl (C=O) groups excluding carboxylic acids is 2. The first-order valence-corrected chi connectivity index (χ1v) is 12.1. The van der Waals surface area contributed by atoms with E-state index in [9.17, 15) is 18.0 Å². The first-order chi connectivity index (χ1) is 14.4. The predicted octanol–water partition coefficient (Wildman–Crippen LogP) is 3.58. The van der Waals surface area contributed by atoms with Gasteiger partial charge < -0.3 is 10.2 Å². The molecule has 0 saturated heterocycles. The fraction of sp³-hybridized carbons (Fsp3) is 0.300. The third-order valence-corrected chi connectivity index (χ3v) is 6.47. The van der Waals surface area contributed by atoms with Gasteiger partial charge in [0.15, 0.2) is 0 Å².